The van der Waals surface area contributed by atoms with E-state index in [2.05, 4.69) is 5.32 Å². The van der Waals surface area contributed by atoms with Crippen LogP contribution in [0.5, 0.6) is 0 Å². The second-order valence-electron chi connectivity index (χ2n) is 6.06. The average Bonchev–Trinajstić information content (AvgIpc) is 3.32. The molecule has 0 unspecified atom stereocenters. The molecule has 8 nitrogen and oxygen atoms in total. The number of carbonyl (C=O) groups is 3. The van der Waals surface area contributed by atoms with Crippen LogP contribution in [0.15, 0.2) is 77.4 Å². The molecule has 0 radical (unpaired) electrons. The molecule has 2 amide bonds. The summed E-state index contributed by atoms with van der Waals surface area (Å²) in [5.74, 6) is -1.47. The Kier molecular flexibility index (Phi) is 6.59. The maximum atomic E-state index is 12.4. The maximum Gasteiger partial charge on any atom is 0.338 e. The summed E-state index contributed by atoms with van der Waals surface area (Å²) in [6.07, 6.45) is 1.39. The van der Waals surface area contributed by atoms with E-state index in [-0.39, 0.29) is 17.9 Å². The lowest BCUT2D eigenvalue weighted by atomic mass is 10.2. The van der Waals surface area contributed by atoms with Crippen LogP contribution < -0.4 is 10.2 Å². The normalized spacial score (nSPS) is 9.97. The molecule has 0 saturated heterocycles. The highest BCUT2D eigenvalue weighted by Gasteiger charge is 2.18. The third-order valence-electron chi connectivity index (χ3n) is 4.05. The van der Waals surface area contributed by atoms with E-state index in [1.807, 2.05) is 6.07 Å². The van der Waals surface area contributed by atoms with Gasteiger partial charge in [0.2, 0.25) is 0 Å². The number of anilines is 2. The molecule has 0 aliphatic rings. The molecule has 0 atom stereocenters. The van der Waals surface area contributed by atoms with Gasteiger partial charge in [-0.15, -0.1) is 0 Å². The molecule has 0 bridgehead atoms. The van der Waals surface area contributed by atoms with E-state index in [4.69, 9.17) is 14.4 Å². The van der Waals surface area contributed by atoms with Gasteiger partial charge in [-0.3, -0.25) is 14.5 Å². The highest BCUT2D eigenvalue weighted by Crippen LogP contribution is 2.15. The Labute approximate surface area is 172 Å². The zero-order valence-electron chi connectivity index (χ0n) is 15.8. The van der Waals surface area contributed by atoms with E-state index in [0.29, 0.717) is 11.4 Å². The first-order chi connectivity index (χ1) is 14.6. The lowest BCUT2D eigenvalue weighted by molar-refractivity contribution is -0.121. The van der Waals surface area contributed by atoms with Crippen LogP contribution in [0.4, 0.5) is 11.4 Å². The Balaban J connectivity index is 1.57. The van der Waals surface area contributed by atoms with E-state index in [9.17, 15) is 14.4 Å². The first-order valence-electron chi connectivity index (χ1n) is 8.93. The second-order valence-corrected chi connectivity index (χ2v) is 6.06. The van der Waals surface area contributed by atoms with E-state index in [0.717, 1.165) is 0 Å². The number of hydrogen-bond donors (Lipinski definition) is 1. The van der Waals surface area contributed by atoms with Crippen LogP contribution in [0.3, 0.4) is 0 Å². The topological polar surface area (TPSA) is 113 Å². The first-order valence-corrected chi connectivity index (χ1v) is 8.93. The van der Waals surface area contributed by atoms with Crippen molar-refractivity contribution < 1.29 is 23.5 Å². The van der Waals surface area contributed by atoms with Crippen molar-refractivity contribution in [3.05, 3.63) is 84.3 Å². The molecule has 0 aliphatic heterocycles. The number of amides is 2. The number of furan rings is 1. The summed E-state index contributed by atoms with van der Waals surface area (Å²) < 4.78 is 10.1. The zero-order chi connectivity index (χ0) is 21.3. The molecular weight excluding hydrogens is 386 g/mol. The van der Waals surface area contributed by atoms with Gasteiger partial charge in [-0.2, -0.15) is 5.26 Å². The van der Waals surface area contributed by atoms with Crippen molar-refractivity contribution in [1.82, 2.24) is 0 Å². The van der Waals surface area contributed by atoms with Gasteiger partial charge in [-0.25, -0.2) is 4.79 Å². The number of nitriles is 1. The van der Waals surface area contributed by atoms with Crippen LogP contribution in [-0.2, 0) is 9.53 Å². The van der Waals surface area contributed by atoms with E-state index in [1.165, 1.54) is 41.5 Å². The smallest absolute Gasteiger partial charge is 0.338 e. The van der Waals surface area contributed by atoms with E-state index in [1.54, 1.807) is 36.4 Å². The van der Waals surface area contributed by atoms with Crippen molar-refractivity contribution in [1.29, 1.82) is 5.26 Å². The van der Waals surface area contributed by atoms with Gasteiger partial charge >= 0.3 is 5.97 Å². The summed E-state index contributed by atoms with van der Waals surface area (Å²) in [6, 6.07) is 19.7. The number of rotatable bonds is 7. The number of para-hydroxylation sites is 1. The predicted octanol–water partition coefficient (Wildman–Crippen LogP) is 3.25. The third-order valence-corrected chi connectivity index (χ3v) is 4.05. The number of benzene rings is 2. The molecular formula is C22H17N3O5. The molecule has 0 aliphatic carbocycles. The zero-order valence-corrected chi connectivity index (χ0v) is 15.8. The standard InChI is InChI=1S/C22H17N3O5/c23-12-13-25(18-5-2-1-3-6-18)20(26)15-30-22(28)16-8-10-17(11-9-16)24-21(27)19-7-4-14-29-19/h1-11,14H,13,15H2,(H,24,27). The average molecular weight is 403 g/mol. The monoisotopic (exact) mass is 403 g/mol. The number of esters is 1. The largest absolute Gasteiger partial charge is 0.459 e. The predicted molar refractivity (Wildman–Crippen MR) is 108 cm³/mol. The van der Waals surface area contributed by atoms with Crippen molar-refractivity contribution in [2.75, 3.05) is 23.4 Å². The van der Waals surface area contributed by atoms with Crippen molar-refractivity contribution >= 4 is 29.2 Å². The van der Waals surface area contributed by atoms with Crippen LogP contribution in [0.1, 0.15) is 20.9 Å². The van der Waals surface area contributed by atoms with Crippen molar-refractivity contribution in [3.63, 3.8) is 0 Å². The molecule has 150 valence electrons. The van der Waals surface area contributed by atoms with E-state index < -0.39 is 24.4 Å². The Morgan fingerprint density at radius 1 is 1.00 bits per heavy atom. The fraction of sp³-hybridized carbons (Fsp3) is 0.0909. The number of nitrogens with zero attached hydrogens (tertiary/aromatic N) is 2. The molecule has 8 heteroatoms. The Hall–Kier alpha value is -4.38. The Bertz CT molecular complexity index is 1050. The molecule has 3 aromatic rings. The van der Waals surface area contributed by atoms with Crippen molar-refractivity contribution in [3.8, 4) is 6.07 Å². The maximum absolute atomic E-state index is 12.4. The summed E-state index contributed by atoms with van der Waals surface area (Å²) >= 11 is 0. The highest BCUT2D eigenvalue weighted by atomic mass is 16.5. The van der Waals surface area contributed by atoms with Gasteiger partial charge in [-0.1, -0.05) is 18.2 Å². The summed E-state index contributed by atoms with van der Waals surface area (Å²) in [4.78, 5) is 37.8. The molecule has 30 heavy (non-hydrogen) atoms. The molecule has 0 saturated carbocycles. The first kappa shape index (κ1) is 20.4. The Morgan fingerprint density at radius 3 is 2.37 bits per heavy atom. The lowest BCUT2D eigenvalue weighted by Crippen LogP contribution is -2.35. The molecule has 0 fully saturated rings. The number of carbonyl (C=O) groups excluding carboxylic acids is 3. The minimum atomic E-state index is -0.697. The molecule has 1 heterocycles. The fourth-order valence-electron chi connectivity index (χ4n) is 2.58. The fourth-order valence-corrected chi connectivity index (χ4v) is 2.58. The van der Waals surface area contributed by atoms with Gasteiger partial charge < -0.3 is 14.5 Å². The van der Waals surface area contributed by atoms with Crippen LogP contribution >= 0.6 is 0 Å². The van der Waals surface area contributed by atoms with Crippen LogP contribution in [0.2, 0.25) is 0 Å². The van der Waals surface area contributed by atoms with Crippen molar-refractivity contribution in [2.24, 2.45) is 0 Å². The van der Waals surface area contributed by atoms with Crippen molar-refractivity contribution in [2.45, 2.75) is 0 Å². The SMILES string of the molecule is N#CCN(C(=O)COC(=O)c1ccc(NC(=O)c2ccco2)cc1)c1ccccc1. The van der Waals surface area contributed by atoms with Gasteiger partial charge in [-0.05, 0) is 48.5 Å². The van der Waals surface area contributed by atoms with E-state index >= 15 is 0 Å². The van der Waals surface area contributed by atoms with Gasteiger partial charge in [0.05, 0.1) is 17.9 Å². The number of ether oxygens (including phenoxy) is 1. The summed E-state index contributed by atoms with van der Waals surface area (Å²) in [5.41, 5.74) is 1.22. The van der Waals surface area contributed by atoms with Gasteiger partial charge in [0, 0.05) is 11.4 Å². The number of hydrogen-bond acceptors (Lipinski definition) is 6. The van der Waals surface area contributed by atoms with Crippen LogP contribution in [-0.4, -0.2) is 30.9 Å². The number of nitrogens with one attached hydrogen (secondary N) is 1. The third kappa shape index (κ3) is 5.11. The minimum Gasteiger partial charge on any atom is -0.459 e. The summed E-state index contributed by atoms with van der Waals surface area (Å²) in [7, 11) is 0. The highest BCUT2D eigenvalue weighted by molar-refractivity contribution is 6.02. The van der Waals surface area contributed by atoms with Crippen LogP contribution in [0.25, 0.3) is 0 Å². The lowest BCUT2D eigenvalue weighted by Gasteiger charge is -2.19. The van der Waals surface area contributed by atoms with Gasteiger partial charge in [0.25, 0.3) is 11.8 Å². The molecule has 3 rings (SSSR count). The molecule has 1 N–H and O–H groups in total. The van der Waals surface area contributed by atoms with Gasteiger partial charge in [0.1, 0.15) is 6.54 Å². The molecule has 1 aromatic heterocycles. The van der Waals surface area contributed by atoms with Gasteiger partial charge in [0.15, 0.2) is 12.4 Å². The summed E-state index contributed by atoms with van der Waals surface area (Å²) in [6.45, 7) is -0.670. The minimum absolute atomic E-state index is 0.162. The quantitative estimate of drug-likeness (QED) is 0.479. The molecule has 0 spiro atoms. The Morgan fingerprint density at radius 2 is 1.73 bits per heavy atom. The summed E-state index contributed by atoms with van der Waals surface area (Å²) in [5, 5.41) is 11.6. The molecule has 2 aromatic carbocycles. The van der Waals surface area contributed by atoms with Crippen LogP contribution in [0, 0.1) is 11.3 Å². The second kappa shape index (κ2) is 9.71.